The molecule has 0 saturated carbocycles. The minimum Gasteiger partial charge on any atom is -0.192 e. The molecule has 2 rings (SSSR count). The third-order valence-electron chi connectivity index (χ3n) is 4.27. The fourth-order valence-corrected chi connectivity index (χ4v) is 2.58. The van der Waals surface area contributed by atoms with Crippen molar-refractivity contribution >= 4 is 11.6 Å². The van der Waals surface area contributed by atoms with Crippen LogP contribution in [0.25, 0.3) is 11.6 Å². The van der Waals surface area contributed by atoms with E-state index in [1.54, 1.807) is 0 Å². The van der Waals surface area contributed by atoms with Crippen LogP contribution < -0.4 is 0 Å². The number of benzene rings is 2. The molecule has 0 unspecified atom stereocenters. The van der Waals surface area contributed by atoms with Crippen molar-refractivity contribution in [1.82, 2.24) is 0 Å². The lowest BCUT2D eigenvalue weighted by molar-refractivity contribution is 0.590. The second-order valence-electron chi connectivity index (χ2n) is 8.37. The standard InChI is InChI=1S/C23H27N/c1-22(2,3)20-11-7-17(8-12-20)15-19(16-24)18-9-13-21(14-10-18)23(4,5)6/h7-15H,1-6H3/b19-15+. The van der Waals surface area contributed by atoms with Crippen LogP contribution in [0.1, 0.15) is 63.8 Å². The molecular formula is C23H27N. The van der Waals surface area contributed by atoms with Crippen molar-refractivity contribution in [3.63, 3.8) is 0 Å². The SMILES string of the molecule is CC(C)(C)c1ccc(/C=C(\C#N)c2ccc(C(C)(C)C)cc2)cc1. The van der Waals surface area contributed by atoms with E-state index < -0.39 is 0 Å². The van der Waals surface area contributed by atoms with Crippen LogP contribution in [0.15, 0.2) is 48.5 Å². The van der Waals surface area contributed by atoms with Crippen molar-refractivity contribution in [2.75, 3.05) is 0 Å². The van der Waals surface area contributed by atoms with E-state index in [0.717, 1.165) is 11.1 Å². The molecule has 0 amide bonds. The van der Waals surface area contributed by atoms with Crippen LogP contribution in [-0.4, -0.2) is 0 Å². The van der Waals surface area contributed by atoms with Crippen molar-refractivity contribution in [2.24, 2.45) is 0 Å². The molecule has 0 heterocycles. The minimum atomic E-state index is 0.123. The van der Waals surface area contributed by atoms with Crippen LogP contribution in [0.2, 0.25) is 0 Å². The monoisotopic (exact) mass is 317 g/mol. The van der Waals surface area contributed by atoms with E-state index in [4.69, 9.17) is 0 Å². The Bertz CT molecular complexity index is 755. The van der Waals surface area contributed by atoms with Gasteiger partial charge in [0.05, 0.1) is 11.6 Å². The molecule has 0 bridgehead atoms. The largest absolute Gasteiger partial charge is 0.192 e. The number of allylic oxidation sites excluding steroid dienone is 1. The number of hydrogen-bond acceptors (Lipinski definition) is 1. The summed E-state index contributed by atoms with van der Waals surface area (Å²) in [6.07, 6.45) is 1.96. The summed E-state index contributed by atoms with van der Waals surface area (Å²) in [4.78, 5) is 0. The van der Waals surface area contributed by atoms with Crippen molar-refractivity contribution in [2.45, 2.75) is 52.4 Å². The molecule has 0 aliphatic carbocycles. The Morgan fingerprint density at radius 1 is 0.750 bits per heavy atom. The van der Waals surface area contributed by atoms with Crippen molar-refractivity contribution in [3.05, 3.63) is 70.8 Å². The molecule has 2 aromatic rings. The molecule has 0 aliphatic heterocycles. The molecule has 0 fully saturated rings. The van der Waals surface area contributed by atoms with E-state index >= 15 is 0 Å². The van der Waals surface area contributed by atoms with Gasteiger partial charge in [-0.05, 0) is 39.2 Å². The predicted octanol–water partition coefficient (Wildman–Crippen LogP) is 6.35. The first-order valence-electron chi connectivity index (χ1n) is 8.44. The Morgan fingerprint density at radius 2 is 1.17 bits per heavy atom. The Hall–Kier alpha value is -2.33. The minimum absolute atomic E-state index is 0.123. The molecule has 0 spiro atoms. The maximum Gasteiger partial charge on any atom is 0.0998 e. The predicted molar refractivity (Wildman–Crippen MR) is 104 cm³/mol. The van der Waals surface area contributed by atoms with Crippen LogP contribution in [0, 0.1) is 11.3 Å². The molecule has 1 heteroatoms. The van der Waals surface area contributed by atoms with Gasteiger partial charge >= 0.3 is 0 Å². The quantitative estimate of drug-likeness (QED) is 0.468. The summed E-state index contributed by atoms with van der Waals surface area (Å²) in [5.74, 6) is 0. The summed E-state index contributed by atoms with van der Waals surface area (Å²) in [7, 11) is 0. The van der Waals surface area contributed by atoms with Crippen molar-refractivity contribution < 1.29 is 0 Å². The summed E-state index contributed by atoms with van der Waals surface area (Å²) < 4.78 is 0. The maximum absolute atomic E-state index is 9.54. The summed E-state index contributed by atoms with van der Waals surface area (Å²) in [6.45, 7) is 13.2. The van der Waals surface area contributed by atoms with Crippen molar-refractivity contribution in [1.29, 1.82) is 5.26 Å². The van der Waals surface area contributed by atoms with E-state index in [9.17, 15) is 5.26 Å². The lowest BCUT2D eigenvalue weighted by atomic mass is 9.86. The van der Waals surface area contributed by atoms with E-state index in [2.05, 4.69) is 84.0 Å². The third-order valence-corrected chi connectivity index (χ3v) is 4.27. The highest BCUT2D eigenvalue weighted by Crippen LogP contribution is 2.26. The highest BCUT2D eigenvalue weighted by atomic mass is 14.3. The molecule has 0 saturated heterocycles. The van der Waals surface area contributed by atoms with Gasteiger partial charge < -0.3 is 0 Å². The first-order chi connectivity index (χ1) is 11.1. The fraction of sp³-hybridized carbons (Fsp3) is 0.348. The molecule has 1 nitrogen and oxygen atoms in total. The number of nitrogens with zero attached hydrogens (tertiary/aromatic N) is 1. The molecule has 0 aromatic heterocycles. The highest BCUT2D eigenvalue weighted by molar-refractivity contribution is 5.89. The molecule has 24 heavy (non-hydrogen) atoms. The number of nitriles is 1. The van der Waals surface area contributed by atoms with Crippen LogP contribution in [0.3, 0.4) is 0 Å². The third kappa shape index (κ3) is 4.36. The second-order valence-corrected chi connectivity index (χ2v) is 8.37. The van der Waals surface area contributed by atoms with E-state index in [1.165, 1.54) is 11.1 Å². The first kappa shape index (κ1) is 18.0. The topological polar surface area (TPSA) is 23.8 Å². The van der Waals surface area contributed by atoms with Crippen LogP contribution in [0.4, 0.5) is 0 Å². The number of hydrogen-bond donors (Lipinski definition) is 0. The highest BCUT2D eigenvalue weighted by Gasteiger charge is 2.14. The van der Waals surface area contributed by atoms with Gasteiger partial charge in [-0.25, -0.2) is 0 Å². The molecule has 2 aromatic carbocycles. The Morgan fingerprint density at radius 3 is 1.54 bits per heavy atom. The van der Waals surface area contributed by atoms with Gasteiger partial charge in [0, 0.05) is 0 Å². The van der Waals surface area contributed by atoms with E-state index in [-0.39, 0.29) is 10.8 Å². The van der Waals surface area contributed by atoms with Gasteiger partial charge in [-0.2, -0.15) is 5.26 Å². The number of rotatable bonds is 2. The average molecular weight is 317 g/mol. The van der Waals surface area contributed by atoms with Crippen LogP contribution in [-0.2, 0) is 10.8 Å². The molecule has 0 aliphatic rings. The van der Waals surface area contributed by atoms with Gasteiger partial charge in [0.25, 0.3) is 0 Å². The molecule has 0 radical (unpaired) electrons. The second kappa shape index (κ2) is 6.65. The molecular weight excluding hydrogens is 290 g/mol. The Kier molecular flexibility index (Phi) is 4.99. The van der Waals surface area contributed by atoms with Gasteiger partial charge in [0.1, 0.15) is 0 Å². The van der Waals surface area contributed by atoms with Gasteiger partial charge in [-0.1, -0.05) is 90.1 Å². The summed E-state index contributed by atoms with van der Waals surface area (Å²) in [6, 6.07) is 19.1. The molecule has 0 atom stereocenters. The fourth-order valence-electron chi connectivity index (χ4n) is 2.58. The first-order valence-corrected chi connectivity index (χ1v) is 8.44. The summed E-state index contributed by atoms with van der Waals surface area (Å²) in [5.41, 5.74) is 5.55. The van der Waals surface area contributed by atoms with Crippen LogP contribution >= 0.6 is 0 Å². The average Bonchev–Trinajstić information content (AvgIpc) is 2.51. The zero-order valence-corrected chi connectivity index (χ0v) is 15.6. The zero-order valence-electron chi connectivity index (χ0n) is 15.6. The smallest absolute Gasteiger partial charge is 0.0998 e. The molecule has 124 valence electrons. The molecule has 0 N–H and O–H groups in total. The summed E-state index contributed by atoms with van der Waals surface area (Å²) in [5, 5.41) is 9.54. The van der Waals surface area contributed by atoms with E-state index in [1.807, 2.05) is 18.2 Å². The van der Waals surface area contributed by atoms with Gasteiger partial charge in [-0.15, -0.1) is 0 Å². The lowest BCUT2D eigenvalue weighted by Crippen LogP contribution is -2.10. The van der Waals surface area contributed by atoms with Gasteiger partial charge in [0.15, 0.2) is 0 Å². The van der Waals surface area contributed by atoms with Crippen molar-refractivity contribution in [3.8, 4) is 6.07 Å². The Balaban J connectivity index is 2.31. The lowest BCUT2D eigenvalue weighted by Gasteiger charge is -2.19. The Labute approximate surface area is 146 Å². The maximum atomic E-state index is 9.54. The summed E-state index contributed by atoms with van der Waals surface area (Å²) >= 11 is 0. The van der Waals surface area contributed by atoms with Gasteiger partial charge in [-0.3, -0.25) is 0 Å². The zero-order chi connectivity index (χ0) is 18.0. The normalized spacial score (nSPS) is 12.8. The van der Waals surface area contributed by atoms with E-state index in [0.29, 0.717) is 5.57 Å². The van der Waals surface area contributed by atoms with Gasteiger partial charge in [0.2, 0.25) is 0 Å². The van der Waals surface area contributed by atoms with Crippen LogP contribution in [0.5, 0.6) is 0 Å².